The molecule has 0 spiro atoms. The summed E-state index contributed by atoms with van der Waals surface area (Å²) in [5.41, 5.74) is 2.41. The third-order valence-electron chi connectivity index (χ3n) is 1.19. The molecular formula is C9H21LiSi2. The van der Waals surface area contributed by atoms with E-state index in [4.69, 9.17) is 0 Å². The zero-order chi connectivity index (χ0) is 9.12. The van der Waals surface area contributed by atoms with Gasteiger partial charge in [-0.2, -0.15) is 0 Å². The van der Waals surface area contributed by atoms with Crippen molar-refractivity contribution in [2.45, 2.75) is 39.3 Å². The van der Waals surface area contributed by atoms with Crippen LogP contribution in [-0.2, 0) is 0 Å². The van der Waals surface area contributed by atoms with Crippen molar-refractivity contribution in [3.05, 3.63) is 17.8 Å². The van der Waals surface area contributed by atoms with Gasteiger partial charge in [-0.15, -0.1) is 0 Å². The minimum Gasteiger partial charge on any atom is -0.235 e. The first-order chi connectivity index (χ1) is 4.71. The first-order valence-corrected chi connectivity index (χ1v) is 11.4. The molecule has 0 N–H and O–H groups in total. The van der Waals surface area contributed by atoms with Gasteiger partial charge in [0, 0.05) is 0 Å². The predicted octanol–water partition coefficient (Wildman–Crippen LogP) is 0.506. The minimum absolute atomic E-state index is 0. The monoisotopic (exact) mass is 192 g/mol. The molecule has 0 saturated heterocycles. The molecular weight excluding hydrogens is 171 g/mol. The second-order valence-corrected chi connectivity index (χ2v) is 15.4. The summed E-state index contributed by atoms with van der Waals surface area (Å²) >= 11 is 0. The number of hydrogen-bond donors (Lipinski definition) is 0. The summed E-state index contributed by atoms with van der Waals surface area (Å²) in [4.78, 5) is 0. The van der Waals surface area contributed by atoms with Crippen molar-refractivity contribution in [1.29, 1.82) is 0 Å². The quantitative estimate of drug-likeness (QED) is 0.451. The maximum Gasteiger partial charge on any atom is 1.00 e. The molecule has 0 aromatic carbocycles. The Morgan fingerprint density at radius 1 is 0.917 bits per heavy atom. The second kappa shape index (κ2) is 5.39. The average Bonchev–Trinajstić information content (AvgIpc) is 1.55. The van der Waals surface area contributed by atoms with Gasteiger partial charge in [0.2, 0.25) is 0 Å². The van der Waals surface area contributed by atoms with Crippen LogP contribution >= 0.6 is 0 Å². The molecule has 0 atom stereocenters. The van der Waals surface area contributed by atoms with Crippen molar-refractivity contribution in [2.75, 3.05) is 0 Å². The van der Waals surface area contributed by atoms with Gasteiger partial charge < -0.3 is 0 Å². The number of allylic oxidation sites excluding steroid dienone is 1. The van der Waals surface area contributed by atoms with Crippen LogP contribution in [-0.4, -0.2) is 16.1 Å². The van der Waals surface area contributed by atoms with Crippen LogP contribution in [0.25, 0.3) is 0 Å². The van der Waals surface area contributed by atoms with E-state index in [-0.39, 0.29) is 18.9 Å². The zero-order valence-corrected chi connectivity index (χ0v) is 11.7. The van der Waals surface area contributed by atoms with E-state index in [9.17, 15) is 0 Å². The summed E-state index contributed by atoms with van der Waals surface area (Å²) in [5, 5.41) is 0. The number of hydrogen-bond acceptors (Lipinski definition) is 0. The van der Waals surface area contributed by atoms with Gasteiger partial charge in [-0.1, -0.05) is 39.3 Å². The van der Waals surface area contributed by atoms with Crippen LogP contribution in [0.2, 0.25) is 39.3 Å². The SMILES string of the molecule is C[Si](C)(C)/C=C/[CH-][Si](C)(C)C.[Li+]. The minimum atomic E-state index is -0.947. The van der Waals surface area contributed by atoms with Crippen molar-refractivity contribution in [3.8, 4) is 0 Å². The Morgan fingerprint density at radius 3 is 1.58 bits per heavy atom. The van der Waals surface area contributed by atoms with Gasteiger partial charge in [0.05, 0.1) is 0 Å². The molecule has 0 amide bonds. The predicted molar refractivity (Wildman–Crippen MR) is 60.1 cm³/mol. The van der Waals surface area contributed by atoms with Gasteiger partial charge in [0.1, 0.15) is 0 Å². The molecule has 0 saturated carbocycles. The molecule has 0 heterocycles. The van der Waals surface area contributed by atoms with Gasteiger partial charge in [0.25, 0.3) is 0 Å². The molecule has 0 aromatic rings. The molecule has 0 aliphatic carbocycles. The van der Waals surface area contributed by atoms with Crippen LogP contribution in [0.5, 0.6) is 0 Å². The first-order valence-electron chi connectivity index (χ1n) is 4.24. The molecule has 0 aromatic heterocycles. The van der Waals surface area contributed by atoms with E-state index >= 15 is 0 Å². The van der Waals surface area contributed by atoms with E-state index in [0.29, 0.717) is 0 Å². The summed E-state index contributed by atoms with van der Waals surface area (Å²) in [6.07, 6.45) is 2.29. The molecule has 0 nitrogen and oxygen atoms in total. The Hall–Kier alpha value is 0.641. The van der Waals surface area contributed by atoms with Crippen LogP contribution in [0.1, 0.15) is 0 Å². The van der Waals surface area contributed by atoms with Gasteiger partial charge >= 0.3 is 18.9 Å². The van der Waals surface area contributed by atoms with E-state index in [1.165, 1.54) is 0 Å². The third-order valence-corrected chi connectivity index (χ3v) is 3.58. The summed E-state index contributed by atoms with van der Waals surface area (Å²) in [7, 11) is -1.89. The normalized spacial score (nSPS) is 12.8. The van der Waals surface area contributed by atoms with Crippen molar-refractivity contribution in [2.24, 2.45) is 0 Å². The molecule has 0 aliphatic heterocycles. The smallest absolute Gasteiger partial charge is 0.235 e. The van der Waals surface area contributed by atoms with E-state index < -0.39 is 16.1 Å². The second-order valence-electron chi connectivity index (χ2n) is 5.26. The van der Waals surface area contributed by atoms with Crippen LogP contribution in [0.4, 0.5) is 0 Å². The van der Waals surface area contributed by atoms with Crippen molar-refractivity contribution in [3.63, 3.8) is 0 Å². The fourth-order valence-electron chi connectivity index (χ4n) is 0.625. The number of rotatable bonds is 3. The maximum absolute atomic E-state index is 2.41. The van der Waals surface area contributed by atoms with Crippen LogP contribution in [0.15, 0.2) is 11.8 Å². The molecule has 3 heteroatoms. The molecule has 0 bridgehead atoms. The summed E-state index contributed by atoms with van der Waals surface area (Å²) < 4.78 is 0. The average molecular weight is 192 g/mol. The van der Waals surface area contributed by atoms with E-state index in [2.05, 4.69) is 57.1 Å². The Labute approximate surface area is 92.0 Å². The Balaban J connectivity index is 0. The fraction of sp³-hybridized carbons (Fsp3) is 0.667. The van der Waals surface area contributed by atoms with E-state index in [1.54, 1.807) is 0 Å². The molecule has 0 aliphatic rings. The van der Waals surface area contributed by atoms with Gasteiger partial charge in [0.15, 0.2) is 0 Å². The van der Waals surface area contributed by atoms with Gasteiger partial charge in [-0.05, 0) is 16.1 Å². The largest absolute Gasteiger partial charge is 1.00 e. The van der Waals surface area contributed by atoms with Crippen LogP contribution in [0, 0.1) is 6.04 Å². The molecule has 12 heavy (non-hydrogen) atoms. The topological polar surface area (TPSA) is 0 Å². The van der Waals surface area contributed by atoms with Crippen molar-refractivity contribution >= 4 is 16.1 Å². The molecule has 0 rings (SSSR count). The Morgan fingerprint density at radius 2 is 1.33 bits per heavy atom. The van der Waals surface area contributed by atoms with E-state index in [1.807, 2.05) is 0 Å². The van der Waals surface area contributed by atoms with Gasteiger partial charge in [-0.25, -0.2) is 17.8 Å². The summed E-state index contributed by atoms with van der Waals surface area (Å²) in [5.74, 6) is 0. The molecule has 0 fully saturated rings. The first kappa shape index (κ1) is 15.1. The summed E-state index contributed by atoms with van der Waals surface area (Å²) in [6.45, 7) is 14.2. The van der Waals surface area contributed by atoms with E-state index in [0.717, 1.165) is 0 Å². The third kappa shape index (κ3) is 13.2. The Bertz CT molecular complexity index is 140. The summed E-state index contributed by atoms with van der Waals surface area (Å²) in [6, 6.07) is 2.41. The van der Waals surface area contributed by atoms with Crippen molar-refractivity contribution < 1.29 is 18.9 Å². The molecule has 0 unspecified atom stereocenters. The van der Waals surface area contributed by atoms with Crippen LogP contribution in [0.3, 0.4) is 0 Å². The van der Waals surface area contributed by atoms with Gasteiger partial charge in [-0.3, -0.25) is 0 Å². The Kier molecular flexibility index (Phi) is 6.79. The van der Waals surface area contributed by atoms with Crippen LogP contribution < -0.4 is 18.9 Å². The molecule has 0 radical (unpaired) electrons. The fourth-order valence-corrected chi connectivity index (χ4v) is 2.17. The maximum atomic E-state index is 2.41. The standard InChI is InChI=1S/C9H21Si2.Li/c1-10(2,3)8-7-9-11(4,5)6;/h7-9H,1-6H3;/q-1;+1/b8-7+;. The molecule has 66 valence electrons. The van der Waals surface area contributed by atoms with Crippen molar-refractivity contribution in [1.82, 2.24) is 0 Å². The zero-order valence-electron chi connectivity index (χ0n) is 9.73.